The summed E-state index contributed by atoms with van der Waals surface area (Å²) in [6, 6.07) is 1.13. The highest BCUT2D eigenvalue weighted by Gasteiger charge is 2.15. The Labute approximate surface area is 117 Å². The summed E-state index contributed by atoms with van der Waals surface area (Å²) in [5.41, 5.74) is 0.0990. The number of carbonyl (C=O) groups excluding carboxylic acids is 1. The standard InChI is InChI=1S/C13H20N2O5/c1-3-15(5-4-6-16)13(19)14-8-10-7-11(12(17)18)9(2)20-10/h7,16H,3-6,8H2,1-2H3,(H,14,19)(H,17,18). The Morgan fingerprint density at radius 1 is 1.45 bits per heavy atom. The van der Waals surface area contributed by atoms with Crippen LogP contribution < -0.4 is 5.32 Å². The average Bonchev–Trinajstić information content (AvgIpc) is 2.78. The van der Waals surface area contributed by atoms with E-state index in [2.05, 4.69) is 5.32 Å². The molecule has 7 heteroatoms. The lowest BCUT2D eigenvalue weighted by Crippen LogP contribution is -2.40. The van der Waals surface area contributed by atoms with E-state index < -0.39 is 5.97 Å². The zero-order valence-electron chi connectivity index (χ0n) is 11.7. The lowest BCUT2D eigenvalue weighted by atomic mass is 10.2. The lowest BCUT2D eigenvalue weighted by Gasteiger charge is -2.20. The van der Waals surface area contributed by atoms with Gasteiger partial charge < -0.3 is 24.8 Å². The monoisotopic (exact) mass is 284 g/mol. The van der Waals surface area contributed by atoms with Crippen LogP contribution in [0.2, 0.25) is 0 Å². The molecule has 0 unspecified atom stereocenters. The molecular formula is C13H20N2O5. The molecule has 0 aliphatic rings. The number of hydrogen-bond acceptors (Lipinski definition) is 4. The van der Waals surface area contributed by atoms with Gasteiger partial charge in [-0.1, -0.05) is 0 Å². The SMILES string of the molecule is CCN(CCCO)C(=O)NCc1cc(C(=O)O)c(C)o1. The smallest absolute Gasteiger partial charge is 0.339 e. The maximum atomic E-state index is 11.9. The van der Waals surface area contributed by atoms with Crippen LogP contribution in [0.1, 0.15) is 35.2 Å². The molecule has 7 nitrogen and oxygen atoms in total. The number of hydrogen-bond donors (Lipinski definition) is 3. The van der Waals surface area contributed by atoms with Gasteiger partial charge in [0.25, 0.3) is 0 Å². The first kappa shape index (κ1) is 16.0. The summed E-state index contributed by atoms with van der Waals surface area (Å²) in [7, 11) is 0. The van der Waals surface area contributed by atoms with Gasteiger partial charge in [-0.05, 0) is 26.3 Å². The number of aliphatic hydroxyl groups is 1. The van der Waals surface area contributed by atoms with E-state index in [4.69, 9.17) is 14.6 Å². The van der Waals surface area contributed by atoms with Gasteiger partial charge in [-0.15, -0.1) is 0 Å². The Hall–Kier alpha value is -2.02. The Kier molecular flexibility index (Phi) is 6.05. The van der Waals surface area contributed by atoms with Crippen LogP contribution in [0, 0.1) is 6.92 Å². The molecule has 0 spiro atoms. The summed E-state index contributed by atoms with van der Waals surface area (Å²) in [6.45, 7) is 4.57. The second kappa shape index (κ2) is 7.54. The lowest BCUT2D eigenvalue weighted by molar-refractivity contribution is 0.0695. The number of urea groups is 1. The van der Waals surface area contributed by atoms with Gasteiger partial charge in [0.1, 0.15) is 17.1 Å². The predicted octanol–water partition coefficient (Wildman–Crippen LogP) is 1.20. The molecular weight excluding hydrogens is 264 g/mol. The number of amides is 2. The molecule has 0 saturated heterocycles. The Morgan fingerprint density at radius 3 is 2.65 bits per heavy atom. The molecule has 1 aromatic heterocycles. The normalized spacial score (nSPS) is 10.3. The van der Waals surface area contributed by atoms with E-state index in [9.17, 15) is 9.59 Å². The second-order valence-corrected chi connectivity index (χ2v) is 4.30. The summed E-state index contributed by atoms with van der Waals surface area (Å²) in [6.07, 6.45) is 0.518. The van der Waals surface area contributed by atoms with Crippen molar-refractivity contribution in [1.29, 1.82) is 0 Å². The molecule has 0 bridgehead atoms. The van der Waals surface area contributed by atoms with Crippen LogP contribution >= 0.6 is 0 Å². The van der Waals surface area contributed by atoms with Gasteiger partial charge >= 0.3 is 12.0 Å². The molecule has 0 aliphatic heterocycles. The van der Waals surface area contributed by atoms with Crippen LogP contribution in [0.25, 0.3) is 0 Å². The van der Waals surface area contributed by atoms with E-state index in [1.165, 1.54) is 6.07 Å². The van der Waals surface area contributed by atoms with E-state index in [0.717, 1.165) is 0 Å². The molecule has 1 aromatic rings. The van der Waals surface area contributed by atoms with Crippen molar-refractivity contribution < 1.29 is 24.2 Å². The first-order valence-corrected chi connectivity index (χ1v) is 6.45. The molecule has 0 aromatic carbocycles. The maximum Gasteiger partial charge on any atom is 0.339 e. The number of nitrogens with zero attached hydrogens (tertiary/aromatic N) is 1. The van der Waals surface area contributed by atoms with E-state index in [1.807, 2.05) is 6.92 Å². The first-order valence-electron chi connectivity index (χ1n) is 6.45. The molecule has 2 amide bonds. The Morgan fingerprint density at radius 2 is 2.15 bits per heavy atom. The number of carbonyl (C=O) groups is 2. The highest BCUT2D eigenvalue weighted by Crippen LogP contribution is 2.14. The third kappa shape index (κ3) is 4.27. The third-order valence-electron chi connectivity index (χ3n) is 2.87. The average molecular weight is 284 g/mol. The number of aryl methyl sites for hydroxylation is 1. The number of carboxylic acid groups (broad SMARTS) is 1. The van der Waals surface area contributed by atoms with Gasteiger partial charge in [0.15, 0.2) is 0 Å². The van der Waals surface area contributed by atoms with Gasteiger partial charge in [-0.3, -0.25) is 0 Å². The van der Waals surface area contributed by atoms with Crippen LogP contribution in [-0.4, -0.2) is 46.8 Å². The fraction of sp³-hybridized carbons (Fsp3) is 0.538. The second-order valence-electron chi connectivity index (χ2n) is 4.30. The fourth-order valence-corrected chi connectivity index (χ4v) is 1.78. The molecule has 3 N–H and O–H groups in total. The van der Waals surface area contributed by atoms with Gasteiger partial charge in [0.05, 0.1) is 6.54 Å². The highest BCUT2D eigenvalue weighted by atomic mass is 16.4. The largest absolute Gasteiger partial charge is 0.478 e. The predicted molar refractivity (Wildman–Crippen MR) is 71.6 cm³/mol. The van der Waals surface area contributed by atoms with Crippen LogP contribution in [-0.2, 0) is 6.54 Å². The maximum absolute atomic E-state index is 11.9. The van der Waals surface area contributed by atoms with E-state index in [-0.39, 0.29) is 24.7 Å². The fourth-order valence-electron chi connectivity index (χ4n) is 1.78. The summed E-state index contributed by atoms with van der Waals surface area (Å²) in [5.74, 6) is -0.345. The van der Waals surface area contributed by atoms with Crippen molar-refractivity contribution in [2.45, 2.75) is 26.8 Å². The van der Waals surface area contributed by atoms with Gasteiger partial charge in [-0.2, -0.15) is 0 Å². The summed E-state index contributed by atoms with van der Waals surface area (Å²) < 4.78 is 5.27. The van der Waals surface area contributed by atoms with Gasteiger partial charge in [0, 0.05) is 19.7 Å². The van der Waals surface area contributed by atoms with Crippen LogP contribution in [0.15, 0.2) is 10.5 Å². The highest BCUT2D eigenvalue weighted by molar-refractivity contribution is 5.88. The van der Waals surface area contributed by atoms with Crippen molar-refractivity contribution in [1.82, 2.24) is 10.2 Å². The van der Waals surface area contributed by atoms with Crippen molar-refractivity contribution in [3.05, 3.63) is 23.2 Å². The number of nitrogens with one attached hydrogen (secondary N) is 1. The van der Waals surface area contributed by atoms with Crippen molar-refractivity contribution >= 4 is 12.0 Å². The molecule has 0 aliphatic carbocycles. The van der Waals surface area contributed by atoms with Crippen molar-refractivity contribution in [2.75, 3.05) is 19.7 Å². The topological polar surface area (TPSA) is 103 Å². The van der Waals surface area contributed by atoms with Crippen molar-refractivity contribution in [3.8, 4) is 0 Å². The van der Waals surface area contributed by atoms with Crippen LogP contribution in [0.5, 0.6) is 0 Å². The molecule has 20 heavy (non-hydrogen) atoms. The molecule has 112 valence electrons. The molecule has 1 heterocycles. The van der Waals surface area contributed by atoms with Crippen molar-refractivity contribution in [3.63, 3.8) is 0 Å². The molecule has 0 fully saturated rings. The first-order chi connectivity index (χ1) is 9.49. The third-order valence-corrected chi connectivity index (χ3v) is 2.87. The molecule has 0 saturated carbocycles. The zero-order valence-corrected chi connectivity index (χ0v) is 11.7. The summed E-state index contributed by atoms with van der Waals surface area (Å²) in [4.78, 5) is 24.3. The van der Waals surface area contributed by atoms with Crippen LogP contribution in [0.4, 0.5) is 4.79 Å². The minimum absolute atomic E-state index is 0.0309. The van der Waals surface area contributed by atoms with Crippen LogP contribution in [0.3, 0.4) is 0 Å². The van der Waals surface area contributed by atoms with Crippen molar-refractivity contribution in [2.24, 2.45) is 0 Å². The number of furan rings is 1. The Balaban J connectivity index is 2.55. The van der Waals surface area contributed by atoms with E-state index in [1.54, 1.807) is 11.8 Å². The Bertz CT molecular complexity index is 469. The van der Waals surface area contributed by atoms with E-state index >= 15 is 0 Å². The molecule has 0 atom stereocenters. The quantitative estimate of drug-likeness (QED) is 0.698. The number of carboxylic acids is 1. The summed E-state index contributed by atoms with van der Waals surface area (Å²) >= 11 is 0. The minimum Gasteiger partial charge on any atom is -0.478 e. The molecule has 1 rings (SSSR count). The summed E-state index contributed by atoms with van der Waals surface area (Å²) in [5, 5.41) is 20.3. The number of aliphatic hydroxyl groups excluding tert-OH is 1. The van der Waals surface area contributed by atoms with E-state index in [0.29, 0.717) is 31.0 Å². The number of aromatic carboxylic acids is 1. The zero-order chi connectivity index (χ0) is 15.1. The van der Waals surface area contributed by atoms with Gasteiger partial charge in [0.2, 0.25) is 0 Å². The van der Waals surface area contributed by atoms with Gasteiger partial charge in [-0.25, -0.2) is 9.59 Å². The minimum atomic E-state index is -1.05. The number of rotatable bonds is 7. The molecule has 0 radical (unpaired) electrons.